The van der Waals surface area contributed by atoms with Crippen molar-refractivity contribution < 1.29 is 19.1 Å². The molecule has 0 saturated carbocycles. The second-order valence-electron chi connectivity index (χ2n) is 5.08. The van der Waals surface area contributed by atoms with Gasteiger partial charge in [-0.05, 0) is 24.1 Å². The number of primary amides is 1. The summed E-state index contributed by atoms with van der Waals surface area (Å²) >= 11 is 0. The molecular formula is C15H20N2O4. The minimum atomic E-state index is -0.406. The molecule has 1 fully saturated rings. The molecule has 6 heteroatoms. The first-order chi connectivity index (χ1) is 10.0. The summed E-state index contributed by atoms with van der Waals surface area (Å²) < 4.78 is 10.4. The molecule has 2 N–H and O–H groups in total. The van der Waals surface area contributed by atoms with Crippen LogP contribution in [0.15, 0.2) is 18.2 Å². The van der Waals surface area contributed by atoms with E-state index in [-0.39, 0.29) is 18.2 Å². The minimum absolute atomic E-state index is 0.0146. The van der Waals surface area contributed by atoms with Gasteiger partial charge in [-0.25, -0.2) is 0 Å². The van der Waals surface area contributed by atoms with Gasteiger partial charge >= 0.3 is 0 Å². The van der Waals surface area contributed by atoms with Gasteiger partial charge in [-0.15, -0.1) is 0 Å². The Balaban J connectivity index is 1.97. The summed E-state index contributed by atoms with van der Waals surface area (Å²) in [5.41, 5.74) is 6.30. The summed E-state index contributed by atoms with van der Waals surface area (Å²) in [6.45, 7) is 0.986. The molecular weight excluding hydrogens is 272 g/mol. The van der Waals surface area contributed by atoms with E-state index in [2.05, 4.69) is 0 Å². The van der Waals surface area contributed by atoms with Crippen molar-refractivity contribution in [3.05, 3.63) is 23.8 Å². The van der Waals surface area contributed by atoms with Crippen LogP contribution in [-0.4, -0.2) is 44.0 Å². The third kappa shape index (κ3) is 3.45. The van der Waals surface area contributed by atoms with Gasteiger partial charge in [-0.3, -0.25) is 9.59 Å². The summed E-state index contributed by atoms with van der Waals surface area (Å²) in [7, 11) is 3.17. The molecule has 1 aromatic carbocycles. The molecule has 0 bridgehead atoms. The van der Waals surface area contributed by atoms with Gasteiger partial charge in [0.25, 0.3) is 0 Å². The number of ether oxygens (including phenoxy) is 2. The smallest absolute Gasteiger partial charge is 0.223 e. The number of carbonyl (C=O) groups is 2. The van der Waals surface area contributed by atoms with Crippen LogP contribution in [-0.2, 0) is 16.0 Å². The maximum absolute atomic E-state index is 11.8. The van der Waals surface area contributed by atoms with E-state index in [1.54, 1.807) is 19.1 Å². The highest BCUT2D eigenvalue weighted by Crippen LogP contribution is 2.28. The van der Waals surface area contributed by atoms with Crippen molar-refractivity contribution in [2.75, 3.05) is 27.3 Å². The normalized spacial score (nSPS) is 17.9. The third-order valence-electron chi connectivity index (χ3n) is 3.74. The summed E-state index contributed by atoms with van der Waals surface area (Å²) in [5.74, 6) is 0.559. The number of methoxy groups -OCH3 is 2. The Labute approximate surface area is 123 Å². The number of nitrogens with zero attached hydrogens (tertiary/aromatic N) is 1. The molecule has 0 spiro atoms. The van der Waals surface area contributed by atoms with E-state index in [4.69, 9.17) is 15.2 Å². The van der Waals surface area contributed by atoms with E-state index in [1.807, 2.05) is 18.2 Å². The Morgan fingerprint density at radius 1 is 1.33 bits per heavy atom. The van der Waals surface area contributed by atoms with Gasteiger partial charge < -0.3 is 20.1 Å². The minimum Gasteiger partial charge on any atom is -0.493 e. The van der Waals surface area contributed by atoms with E-state index in [0.29, 0.717) is 31.0 Å². The largest absolute Gasteiger partial charge is 0.493 e. The molecule has 0 radical (unpaired) electrons. The van der Waals surface area contributed by atoms with Gasteiger partial charge in [-0.1, -0.05) is 6.07 Å². The first-order valence-corrected chi connectivity index (χ1v) is 6.83. The highest BCUT2D eigenvalue weighted by Gasteiger charge is 2.32. The lowest BCUT2D eigenvalue weighted by Crippen LogP contribution is -2.30. The molecule has 2 rings (SSSR count). The number of likely N-dealkylation sites (tertiary alicyclic amines) is 1. The Bertz CT molecular complexity index is 544. The number of benzene rings is 1. The van der Waals surface area contributed by atoms with E-state index in [9.17, 15) is 9.59 Å². The van der Waals surface area contributed by atoms with Crippen molar-refractivity contribution >= 4 is 11.8 Å². The molecule has 1 aliphatic rings. The zero-order valence-electron chi connectivity index (χ0n) is 12.3. The third-order valence-corrected chi connectivity index (χ3v) is 3.74. The molecule has 1 unspecified atom stereocenters. The fraction of sp³-hybridized carbons (Fsp3) is 0.467. The van der Waals surface area contributed by atoms with Crippen LogP contribution in [0.2, 0.25) is 0 Å². The van der Waals surface area contributed by atoms with Crippen LogP contribution < -0.4 is 15.2 Å². The Kier molecular flexibility index (Phi) is 4.67. The van der Waals surface area contributed by atoms with Crippen molar-refractivity contribution in [2.24, 2.45) is 11.7 Å². The molecule has 1 aromatic rings. The predicted octanol–water partition coefficient (Wildman–Crippen LogP) is 0.580. The molecule has 1 saturated heterocycles. The average molecular weight is 292 g/mol. The first kappa shape index (κ1) is 15.2. The van der Waals surface area contributed by atoms with Crippen LogP contribution in [0.25, 0.3) is 0 Å². The number of carbonyl (C=O) groups excluding carboxylic acids is 2. The van der Waals surface area contributed by atoms with E-state index >= 15 is 0 Å². The zero-order chi connectivity index (χ0) is 15.4. The lowest BCUT2D eigenvalue weighted by molar-refractivity contribution is -0.128. The molecule has 114 valence electrons. The molecule has 1 atom stereocenters. The highest BCUT2D eigenvalue weighted by atomic mass is 16.5. The number of hydrogen-bond donors (Lipinski definition) is 1. The van der Waals surface area contributed by atoms with Crippen molar-refractivity contribution in [3.8, 4) is 11.5 Å². The van der Waals surface area contributed by atoms with Crippen LogP contribution in [0.3, 0.4) is 0 Å². The maximum Gasteiger partial charge on any atom is 0.223 e. The van der Waals surface area contributed by atoms with E-state index in [1.165, 1.54) is 0 Å². The zero-order valence-corrected chi connectivity index (χ0v) is 12.3. The second-order valence-corrected chi connectivity index (χ2v) is 5.08. The molecule has 1 aliphatic heterocycles. The van der Waals surface area contributed by atoms with Crippen molar-refractivity contribution in [1.29, 1.82) is 0 Å². The number of hydrogen-bond acceptors (Lipinski definition) is 4. The molecule has 6 nitrogen and oxygen atoms in total. The fourth-order valence-electron chi connectivity index (χ4n) is 2.48. The Morgan fingerprint density at radius 2 is 2.05 bits per heavy atom. The lowest BCUT2D eigenvalue weighted by atomic mass is 10.1. The monoisotopic (exact) mass is 292 g/mol. The average Bonchev–Trinajstić information content (AvgIpc) is 2.86. The molecule has 1 heterocycles. The Morgan fingerprint density at radius 3 is 2.62 bits per heavy atom. The summed E-state index contributed by atoms with van der Waals surface area (Å²) in [6, 6.07) is 5.67. The van der Waals surface area contributed by atoms with Crippen molar-refractivity contribution in [3.63, 3.8) is 0 Å². The number of amides is 2. The number of nitrogens with two attached hydrogens (primary N) is 1. The van der Waals surface area contributed by atoms with Crippen LogP contribution in [0, 0.1) is 5.92 Å². The molecule has 0 aromatic heterocycles. The first-order valence-electron chi connectivity index (χ1n) is 6.83. The summed E-state index contributed by atoms with van der Waals surface area (Å²) in [4.78, 5) is 24.6. The van der Waals surface area contributed by atoms with Crippen LogP contribution in [0.1, 0.15) is 12.0 Å². The Hall–Kier alpha value is -2.24. The van der Waals surface area contributed by atoms with E-state index in [0.717, 1.165) is 5.56 Å². The molecule has 21 heavy (non-hydrogen) atoms. The van der Waals surface area contributed by atoms with Gasteiger partial charge in [0.05, 0.1) is 20.1 Å². The predicted molar refractivity (Wildman–Crippen MR) is 77.1 cm³/mol. The van der Waals surface area contributed by atoms with Gasteiger partial charge in [0, 0.05) is 19.5 Å². The standard InChI is InChI=1S/C15H20N2O4/c1-20-12-4-3-10(7-13(12)21-2)5-6-17-9-11(15(16)19)8-14(17)18/h3-4,7,11H,5-6,8-9H2,1-2H3,(H2,16,19). The summed E-state index contributed by atoms with van der Waals surface area (Å²) in [6.07, 6.45) is 0.916. The number of rotatable bonds is 6. The maximum atomic E-state index is 11.8. The summed E-state index contributed by atoms with van der Waals surface area (Å²) in [5, 5.41) is 0. The SMILES string of the molecule is COc1ccc(CCN2CC(C(N)=O)CC2=O)cc1OC. The van der Waals surface area contributed by atoms with Crippen LogP contribution in [0.5, 0.6) is 11.5 Å². The van der Waals surface area contributed by atoms with Crippen LogP contribution >= 0.6 is 0 Å². The van der Waals surface area contributed by atoms with Crippen molar-refractivity contribution in [2.45, 2.75) is 12.8 Å². The van der Waals surface area contributed by atoms with Gasteiger partial charge in [0.2, 0.25) is 11.8 Å². The van der Waals surface area contributed by atoms with Gasteiger partial charge in [0.15, 0.2) is 11.5 Å². The fourth-order valence-corrected chi connectivity index (χ4v) is 2.48. The molecule has 2 amide bonds. The second kappa shape index (κ2) is 6.47. The highest BCUT2D eigenvalue weighted by molar-refractivity contribution is 5.88. The van der Waals surface area contributed by atoms with Crippen molar-refractivity contribution in [1.82, 2.24) is 4.90 Å². The quantitative estimate of drug-likeness (QED) is 0.831. The van der Waals surface area contributed by atoms with Gasteiger partial charge in [0.1, 0.15) is 0 Å². The topological polar surface area (TPSA) is 81.9 Å². The van der Waals surface area contributed by atoms with Gasteiger partial charge in [-0.2, -0.15) is 0 Å². The van der Waals surface area contributed by atoms with Crippen LogP contribution in [0.4, 0.5) is 0 Å². The lowest BCUT2D eigenvalue weighted by Gasteiger charge is -2.16. The molecule has 0 aliphatic carbocycles. The van der Waals surface area contributed by atoms with E-state index < -0.39 is 5.91 Å².